The summed E-state index contributed by atoms with van der Waals surface area (Å²) in [5.74, 6) is -0.0962. The molecule has 4 atom stereocenters. The predicted molar refractivity (Wildman–Crippen MR) is 135 cm³/mol. The topological polar surface area (TPSA) is 77.3 Å². The summed E-state index contributed by atoms with van der Waals surface area (Å²) in [4.78, 5) is 36.1. The van der Waals surface area contributed by atoms with E-state index < -0.39 is 5.41 Å². The van der Waals surface area contributed by atoms with Crippen LogP contribution in [-0.4, -0.2) is 50.8 Å². The molecule has 0 aliphatic carbocycles. The summed E-state index contributed by atoms with van der Waals surface area (Å²) in [6.45, 7) is 8.34. The number of aromatic nitrogens is 1. The number of benzene rings is 1. The Balaban J connectivity index is 1.71. The molecule has 0 bridgehead atoms. The SMILES string of the molecule is CC1CCCC(C)N1C(=O)CC(C#N)(CC(=O)N1C(C)CCCC1C)c1nc2ccccc2s1. The van der Waals surface area contributed by atoms with Crippen LogP contribution in [-0.2, 0) is 15.0 Å². The first-order chi connectivity index (χ1) is 16.3. The van der Waals surface area contributed by atoms with Gasteiger partial charge in [0.25, 0.3) is 0 Å². The Morgan fingerprint density at radius 3 is 1.85 bits per heavy atom. The Morgan fingerprint density at radius 2 is 1.41 bits per heavy atom. The molecule has 2 saturated heterocycles. The molecule has 2 aliphatic rings. The number of nitrogens with zero attached hydrogens (tertiary/aromatic N) is 4. The van der Waals surface area contributed by atoms with Crippen molar-refractivity contribution in [1.29, 1.82) is 5.26 Å². The van der Waals surface area contributed by atoms with E-state index in [1.54, 1.807) is 0 Å². The van der Waals surface area contributed by atoms with Crippen LogP contribution in [0.25, 0.3) is 10.2 Å². The van der Waals surface area contributed by atoms with Gasteiger partial charge in [0, 0.05) is 24.2 Å². The van der Waals surface area contributed by atoms with Crippen LogP contribution in [0.15, 0.2) is 24.3 Å². The van der Waals surface area contributed by atoms with E-state index in [0.29, 0.717) is 5.01 Å². The van der Waals surface area contributed by atoms with Gasteiger partial charge in [-0.1, -0.05) is 12.1 Å². The summed E-state index contributed by atoms with van der Waals surface area (Å²) in [6.07, 6.45) is 6.07. The fraction of sp³-hybridized carbons (Fsp3) is 0.630. The number of para-hydroxylation sites is 1. The Bertz CT molecular complexity index is 997. The molecule has 0 N–H and O–H groups in total. The monoisotopic (exact) mass is 480 g/mol. The van der Waals surface area contributed by atoms with Gasteiger partial charge in [-0.15, -0.1) is 11.3 Å². The minimum atomic E-state index is -1.27. The summed E-state index contributed by atoms with van der Waals surface area (Å²) in [6, 6.07) is 10.8. The lowest BCUT2D eigenvalue weighted by atomic mass is 9.80. The molecule has 0 saturated carbocycles. The highest BCUT2D eigenvalue weighted by atomic mass is 32.1. The molecule has 4 rings (SSSR count). The Hall–Kier alpha value is -2.46. The predicted octanol–water partition coefficient (Wildman–Crippen LogP) is 5.42. The molecule has 2 amide bonds. The van der Waals surface area contributed by atoms with Crippen molar-refractivity contribution in [3.63, 3.8) is 0 Å². The maximum atomic E-state index is 13.7. The fourth-order valence-electron chi connectivity index (χ4n) is 5.94. The second kappa shape index (κ2) is 10.0. The number of piperidine rings is 2. The van der Waals surface area contributed by atoms with Crippen LogP contribution in [0.3, 0.4) is 0 Å². The molecule has 34 heavy (non-hydrogen) atoms. The van der Waals surface area contributed by atoms with Crippen LogP contribution >= 0.6 is 11.3 Å². The molecule has 182 valence electrons. The lowest BCUT2D eigenvalue weighted by Gasteiger charge is -2.42. The van der Waals surface area contributed by atoms with E-state index >= 15 is 0 Å². The quantitative estimate of drug-likeness (QED) is 0.573. The van der Waals surface area contributed by atoms with Crippen molar-refractivity contribution in [3.8, 4) is 6.07 Å². The van der Waals surface area contributed by atoms with Gasteiger partial charge in [-0.05, 0) is 78.4 Å². The smallest absolute Gasteiger partial charge is 0.225 e. The lowest BCUT2D eigenvalue weighted by Crippen LogP contribution is -2.51. The van der Waals surface area contributed by atoms with Crippen molar-refractivity contribution in [2.45, 2.75) is 109 Å². The van der Waals surface area contributed by atoms with E-state index in [0.717, 1.165) is 48.7 Å². The van der Waals surface area contributed by atoms with Gasteiger partial charge in [-0.3, -0.25) is 9.59 Å². The first-order valence-electron chi connectivity index (χ1n) is 12.7. The first-order valence-corrected chi connectivity index (χ1v) is 13.5. The Labute approximate surface area is 206 Å². The second-order valence-corrected chi connectivity index (χ2v) is 11.4. The number of thiazole rings is 1. The maximum Gasteiger partial charge on any atom is 0.225 e. The van der Waals surface area contributed by atoms with E-state index in [-0.39, 0.29) is 48.8 Å². The van der Waals surface area contributed by atoms with Gasteiger partial charge >= 0.3 is 0 Å². The zero-order chi connectivity index (χ0) is 24.5. The van der Waals surface area contributed by atoms with Gasteiger partial charge in [0.15, 0.2) is 0 Å². The van der Waals surface area contributed by atoms with E-state index in [9.17, 15) is 14.9 Å². The largest absolute Gasteiger partial charge is 0.337 e. The molecule has 3 heterocycles. The number of hydrogen-bond acceptors (Lipinski definition) is 5. The third kappa shape index (κ3) is 4.70. The van der Waals surface area contributed by atoms with Crippen molar-refractivity contribution in [1.82, 2.24) is 14.8 Å². The number of rotatable bonds is 5. The Kier molecular flexibility index (Phi) is 7.28. The fourth-order valence-corrected chi connectivity index (χ4v) is 7.04. The molecule has 4 unspecified atom stereocenters. The van der Waals surface area contributed by atoms with E-state index in [1.807, 2.05) is 34.1 Å². The van der Waals surface area contributed by atoms with Crippen LogP contribution < -0.4 is 0 Å². The van der Waals surface area contributed by atoms with Gasteiger partial charge in [-0.25, -0.2) is 4.98 Å². The van der Waals surface area contributed by atoms with Crippen LogP contribution in [0.4, 0.5) is 0 Å². The highest BCUT2D eigenvalue weighted by Gasteiger charge is 2.45. The molecular formula is C27H36N4O2S. The van der Waals surface area contributed by atoms with Crippen LogP contribution in [0.5, 0.6) is 0 Å². The molecule has 2 aromatic rings. The van der Waals surface area contributed by atoms with E-state index in [4.69, 9.17) is 4.98 Å². The van der Waals surface area contributed by atoms with Crippen molar-refractivity contribution in [2.75, 3.05) is 0 Å². The molecule has 1 aromatic carbocycles. The van der Waals surface area contributed by atoms with E-state index in [1.165, 1.54) is 11.3 Å². The number of fused-ring (bicyclic) bond motifs is 1. The summed E-state index contributed by atoms with van der Waals surface area (Å²) in [7, 11) is 0. The zero-order valence-electron chi connectivity index (χ0n) is 20.8. The van der Waals surface area contributed by atoms with Gasteiger partial charge in [0.05, 0.1) is 29.1 Å². The number of hydrogen-bond donors (Lipinski definition) is 0. The lowest BCUT2D eigenvalue weighted by molar-refractivity contribution is -0.140. The third-order valence-electron chi connectivity index (χ3n) is 7.79. The third-order valence-corrected chi connectivity index (χ3v) is 9.03. The van der Waals surface area contributed by atoms with Gasteiger partial charge in [0.2, 0.25) is 11.8 Å². The van der Waals surface area contributed by atoms with Crippen molar-refractivity contribution < 1.29 is 9.59 Å². The van der Waals surface area contributed by atoms with Crippen molar-refractivity contribution in [2.24, 2.45) is 0 Å². The molecule has 6 nitrogen and oxygen atoms in total. The number of likely N-dealkylation sites (tertiary alicyclic amines) is 2. The zero-order valence-corrected chi connectivity index (χ0v) is 21.6. The average molecular weight is 481 g/mol. The summed E-state index contributed by atoms with van der Waals surface area (Å²) < 4.78 is 0.969. The number of carbonyl (C=O) groups is 2. The van der Waals surface area contributed by atoms with Crippen LogP contribution in [0.2, 0.25) is 0 Å². The van der Waals surface area contributed by atoms with Gasteiger partial charge in [0.1, 0.15) is 10.4 Å². The normalized spacial score (nSPS) is 27.3. The van der Waals surface area contributed by atoms with Gasteiger partial charge < -0.3 is 9.80 Å². The Morgan fingerprint density at radius 1 is 0.941 bits per heavy atom. The number of carbonyl (C=O) groups excluding carboxylic acids is 2. The standard InChI is InChI=1S/C27H36N4O2S/c1-18-9-7-10-19(2)30(18)24(32)15-27(17-28,26-29-22-13-5-6-14-23(22)34-26)16-25(33)31-20(3)11-8-12-21(31)4/h5-6,13-14,18-21H,7-12,15-16H2,1-4H3. The summed E-state index contributed by atoms with van der Waals surface area (Å²) >= 11 is 1.43. The molecule has 1 aromatic heterocycles. The van der Waals surface area contributed by atoms with Crippen molar-refractivity contribution in [3.05, 3.63) is 29.3 Å². The molecule has 0 radical (unpaired) electrons. The van der Waals surface area contributed by atoms with Crippen LogP contribution in [0, 0.1) is 11.3 Å². The van der Waals surface area contributed by atoms with Crippen molar-refractivity contribution >= 4 is 33.4 Å². The van der Waals surface area contributed by atoms with Gasteiger partial charge in [-0.2, -0.15) is 5.26 Å². The molecule has 2 fully saturated rings. The first kappa shape index (κ1) is 24.7. The second-order valence-electron chi connectivity index (χ2n) is 10.4. The van der Waals surface area contributed by atoms with Crippen LogP contribution in [0.1, 0.15) is 84.1 Å². The summed E-state index contributed by atoms with van der Waals surface area (Å²) in [5.41, 5.74) is -0.465. The maximum absolute atomic E-state index is 13.7. The average Bonchev–Trinajstić information content (AvgIpc) is 3.23. The highest BCUT2D eigenvalue weighted by Crippen LogP contribution is 2.39. The van der Waals surface area contributed by atoms with E-state index in [2.05, 4.69) is 33.8 Å². The minimum absolute atomic E-state index is 0.0135. The molecule has 2 aliphatic heterocycles. The molecular weight excluding hydrogens is 444 g/mol. The molecule has 7 heteroatoms. The highest BCUT2D eigenvalue weighted by molar-refractivity contribution is 7.18. The number of nitriles is 1. The number of amides is 2. The molecule has 0 spiro atoms. The minimum Gasteiger partial charge on any atom is -0.337 e. The summed E-state index contributed by atoms with van der Waals surface area (Å²) in [5, 5.41) is 11.2.